The van der Waals surface area contributed by atoms with Gasteiger partial charge in [0.1, 0.15) is 0 Å². The average molecular weight is 325 g/mol. The van der Waals surface area contributed by atoms with Gasteiger partial charge in [-0.25, -0.2) is 0 Å². The van der Waals surface area contributed by atoms with Crippen LogP contribution in [0.5, 0.6) is 0 Å². The summed E-state index contributed by atoms with van der Waals surface area (Å²) in [7, 11) is 1.83. The van der Waals surface area contributed by atoms with Crippen LogP contribution in [0.1, 0.15) is 12.5 Å². The maximum absolute atomic E-state index is 12.5. The number of nitrogens with zero attached hydrogens (tertiary/aromatic N) is 1. The molecule has 1 atom stereocenters. The lowest BCUT2D eigenvalue weighted by atomic mass is 10.1. The van der Waals surface area contributed by atoms with Gasteiger partial charge in [-0.3, -0.25) is 0 Å². The van der Waals surface area contributed by atoms with Crippen LogP contribution in [0.25, 0.3) is 0 Å². The van der Waals surface area contributed by atoms with Crippen LogP contribution in [0, 0.1) is 5.92 Å². The third-order valence-corrected chi connectivity index (χ3v) is 3.31. The Hall–Kier alpha value is -0.750. The number of alkyl halides is 3. The Kier molecular flexibility index (Phi) is 5.04. The smallest absolute Gasteiger partial charge is 0.373 e. The molecule has 0 aromatic heterocycles. The SMILES string of the molecule is CC(CN)CN(C)c1ccc(C(F)(F)F)cc1Br. The summed E-state index contributed by atoms with van der Waals surface area (Å²) in [5, 5.41) is 0. The summed E-state index contributed by atoms with van der Waals surface area (Å²) in [4.78, 5) is 1.89. The van der Waals surface area contributed by atoms with E-state index in [1.165, 1.54) is 6.07 Å². The third kappa shape index (κ3) is 3.88. The third-order valence-electron chi connectivity index (χ3n) is 2.67. The van der Waals surface area contributed by atoms with Gasteiger partial charge in [-0.05, 0) is 46.6 Å². The molecule has 1 unspecified atom stereocenters. The highest BCUT2D eigenvalue weighted by Gasteiger charge is 2.31. The first-order valence-electron chi connectivity index (χ1n) is 5.53. The van der Waals surface area contributed by atoms with Crippen molar-refractivity contribution in [2.75, 3.05) is 25.0 Å². The van der Waals surface area contributed by atoms with Gasteiger partial charge in [-0.2, -0.15) is 13.2 Å². The topological polar surface area (TPSA) is 29.3 Å². The van der Waals surface area contributed by atoms with E-state index in [2.05, 4.69) is 15.9 Å². The molecular formula is C12H16BrF3N2. The summed E-state index contributed by atoms with van der Waals surface area (Å²) >= 11 is 3.18. The summed E-state index contributed by atoms with van der Waals surface area (Å²) < 4.78 is 38.0. The fourth-order valence-corrected chi connectivity index (χ4v) is 2.31. The molecule has 18 heavy (non-hydrogen) atoms. The molecule has 1 rings (SSSR count). The van der Waals surface area contributed by atoms with Gasteiger partial charge in [0.25, 0.3) is 0 Å². The number of rotatable bonds is 4. The minimum atomic E-state index is -4.32. The van der Waals surface area contributed by atoms with Crippen LogP contribution >= 0.6 is 15.9 Å². The number of anilines is 1. The predicted molar refractivity (Wildman–Crippen MR) is 70.6 cm³/mol. The van der Waals surface area contributed by atoms with E-state index in [1.807, 2.05) is 18.9 Å². The lowest BCUT2D eigenvalue weighted by Gasteiger charge is -2.24. The molecule has 0 aliphatic carbocycles. The molecule has 102 valence electrons. The lowest BCUT2D eigenvalue weighted by molar-refractivity contribution is -0.137. The molecule has 0 fully saturated rings. The zero-order valence-corrected chi connectivity index (χ0v) is 11.8. The van der Waals surface area contributed by atoms with Crippen molar-refractivity contribution in [3.05, 3.63) is 28.2 Å². The van der Waals surface area contributed by atoms with Gasteiger partial charge in [0.2, 0.25) is 0 Å². The molecule has 0 bridgehead atoms. The lowest BCUT2D eigenvalue weighted by Crippen LogP contribution is -2.28. The molecule has 0 amide bonds. The van der Waals surface area contributed by atoms with Crippen molar-refractivity contribution in [1.29, 1.82) is 0 Å². The molecular weight excluding hydrogens is 309 g/mol. The second kappa shape index (κ2) is 5.93. The van der Waals surface area contributed by atoms with E-state index in [0.717, 1.165) is 17.8 Å². The summed E-state index contributed by atoms with van der Waals surface area (Å²) in [5.41, 5.74) is 5.60. The number of nitrogens with two attached hydrogens (primary N) is 1. The largest absolute Gasteiger partial charge is 0.416 e. The van der Waals surface area contributed by atoms with E-state index in [0.29, 0.717) is 17.6 Å². The van der Waals surface area contributed by atoms with Gasteiger partial charge in [0.05, 0.1) is 11.3 Å². The Balaban J connectivity index is 2.92. The molecule has 0 aliphatic rings. The van der Waals surface area contributed by atoms with Crippen LogP contribution in [0.2, 0.25) is 0 Å². The van der Waals surface area contributed by atoms with Crippen molar-refractivity contribution < 1.29 is 13.2 Å². The molecule has 0 heterocycles. The molecule has 0 saturated carbocycles. The first-order chi connectivity index (χ1) is 8.25. The minimum Gasteiger partial charge on any atom is -0.373 e. The van der Waals surface area contributed by atoms with E-state index in [9.17, 15) is 13.2 Å². The molecule has 6 heteroatoms. The predicted octanol–water partition coefficient (Wildman–Crippen LogP) is 3.50. The highest BCUT2D eigenvalue weighted by Crippen LogP contribution is 2.35. The van der Waals surface area contributed by atoms with Gasteiger partial charge in [-0.1, -0.05) is 6.92 Å². The van der Waals surface area contributed by atoms with Gasteiger partial charge < -0.3 is 10.6 Å². The van der Waals surface area contributed by atoms with Crippen LogP contribution in [-0.2, 0) is 6.18 Å². The molecule has 0 aliphatic heterocycles. The molecule has 0 spiro atoms. The zero-order chi connectivity index (χ0) is 13.9. The molecule has 1 aromatic carbocycles. The van der Waals surface area contributed by atoms with Gasteiger partial charge in [0.15, 0.2) is 0 Å². The Bertz CT molecular complexity index is 407. The Morgan fingerprint density at radius 2 is 2.00 bits per heavy atom. The van der Waals surface area contributed by atoms with E-state index in [4.69, 9.17) is 5.73 Å². The highest BCUT2D eigenvalue weighted by molar-refractivity contribution is 9.10. The second-order valence-electron chi connectivity index (χ2n) is 4.39. The fourth-order valence-electron chi connectivity index (χ4n) is 1.63. The van der Waals surface area contributed by atoms with Crippen molar-refractivity contribution in [3.63, 3.8) is 0 Å². The van der Waals surface area contributed by atoms with Gasteiger partial charge in [0, 0.05) is 18.1 Å². The molecule has 2 N–H and O–H groups in total. The molecule has 0 radical (unpaired) electrons. The summed E-state index contributed by atoms with van der Waals surface area (Å²) in [6.07, 6.45) is -4.32. The highest BCUT2D eigenvalue weighted by atomic mass is 79.9. The van der Waals surface area contributed by atoms with Crippen molar-refractivity contribution >= 4 is 21.6 Å². The average Bonchev–Trinajstić information content (AvgIpc) is 2.27. The van der Waals surface area contributed by atoms with Crippen LogP contribution in [0.15, 0.2) is 22.7 Å². The van der Waals surface area contributed by atoms with Crippen LogP contribution in [-0.4, -0.2) is 20.1 Å². The summed E-state index contributed by atoms with van der Waals surface area (Å²) in [6, 6.07) is 3.65. The van der Waals surface area contributed by atoms with Crippen LogP contribution in [0.3, 0.4) is 0 Å². The van der Waals surface area contributed by atoms with E-state index in [-0.39, 0.29) is 5.92 Å². The number of benzene rings is 1. The second-order valence-corrected chi connectivity index (χ2v) is 5.24. The van der Waals surface area contributed by atoms with Crippen molar-refractivity contribution in [3.8, 4) is 0 Å². The van der Waals surface area contributed by atoms with Crippen LogP contribution < -0.4 is 10.6 Å². The Morgan fingerprint density at radius 3 is 2.44 bits per heavy atom. The Morgan fingerprint density at radius 1 is 1.39 bits per heavy atom. The van der Waals surface area contributed by atoms with E-state index in [1.54, 1.807) is 0 Å². The fraction of sp³-hybridized carbons (Fsp3) is 0.500. The molecule has 0 saturated heterocycles. The van der Waals surface area contributed by atoms with Gasteiger partial charge >= 0.3 is 6.18 Å². The maximum atomic E-state index is 12.5. The number of hydrogen-bond donors (Lipinski definition) is 1. The van der Waals surface area contributed by atoms with Crippen molar-refractivity contribution in [2.45, 2.75) is 13.1 Å². The molecule has 1 aromatic rings. The number of halogens is 4. The van der Waals surface area contributed by atoms with E-state index >= 15 is 0 Å². The maximum Gasteiger partial charge on any atom is 0.416 e. The molecule has 2 nitrogen and oxygen atoms in total. The summed E-state index contributed by atoms with van der Waals surface area (Å²) in [5.74, 6) is 0.282. The first-order valence-corrected chi connectivity index (χ1v) is 6.33. The zero-order valence-electron chi connectivity index (χ0n) is 10.3. The first kappa shape index (κ1) is 15.3. The van der Waals surface area contributed by atoms with Gasteiger partial charge in [-0.15, -0.1) is 0 Å². The summed E-state index contributed by atoms with van der Waals surface area (Å²) in [6.45, 7) is 3.23. The Labute approximate surface area is 113 Å². The monoisotopic (exact) mass is 324 g/mol. The van der Waals surface area contributed by atoms with Crippen LogP contribution in [0.4, 0.5) is 18.9 Å². The van der Waals surface area contributed by atoms with Crippen molar-refractivity contribution in [1.82, 2.24) is 0 Å². The van der Waals surface area contributed by atoms with Crippen molar-refractivity contribution in [2.24, 2.45) is 11.7 Å². The quantitative estimate of drug-likeness (QED) is 0.918. The standard InChI is InChI=1S/C12H16BrF3N2/c1-8(6-17)7-18(2)11-4-3-9(5-10(11)13)12(14,15)16/h3-5,8H,6-7,17H2,1-2H3. The normalized spacial score (nSPS) is 13.5. The van der Waals surface area contributed by atoms with E-state index < -0.39 is 11.7 Å². The number of hydrogen-bond acceptors (Lipinski definition) is 2. The minimum absolute atomic E-state index is 0.282.